The van der Waals surface area contributed by atoms with Gasteiger partial charge in [0, 0.05) is 56.0 Å². The first-order valence-corrected chi connectivity index (χ1v) is 25.7. The van der Waals surface area contributed by atoms with E-state index in [9.17, 15) is 14.4 Å². The smallest absolute Gasteiger partial charge is 0.251 e. The zero-order valence-corrected chi connectivity index (χ0v) is 44.9. The van der Waals surface area contributed by atoms with Crippen molar-refractivity contribution in [1.82, 2.24) is 30.7 Å². The van der Waals surface area contributed by atoms with Crippen LogP contribution in [0.25, 0.3) is 0 Å². The first kappa shape index (κ1) is 56.8. The Morgan fingerprint density at radius 1 is 0.347 bits per heavy atom. The number of rotatable bonds is 18. The molecule has 3 N–H and O–H groups in total. The van der Waals surface area contributed by atoms with Crippen molar-refractivity contribution in [3.05, 3.63) is 34.9 Å². The highest BCUT2D eigenvalue weighted by molar-refractivity contribution is 6.04. The van der Waals surface area contributed by atoms with Crippen molar-refractivity contribution in [2.75, 3.05) is 119 Å². The van der Waals surface area contributed by atoms with Crippen LogP contribution in [0.3, 0.4) is 0 Å². The highest BCUT2D eigenvalue weighted by atomic mass is 16.7. The Balaban J connectivity index is 1.06. The van der Waals surface area contributed by atoms with Gasteiger partial charge < -0.3 is 72.8 Å². The van der Waals surface area contributed by atoms with Crippen LogP contribution in [-0.4, -0.2) is 222 Å². The van der Waals surface area contributed by atoms with E-state index >= 15 is 0 Å². The summed E-state index contributed by atoms with van der Waals surface area (Å²) in [5.41, 5.74) is 0.448. The van der Waals surface area contributed by atoms with Gasteiger partial charge in [0.05, 0.1) is 116 Å². The molecule has 0 saturated carbocycles. The minimum absolute atomic E-state index is 0.118. The molecule has 72 heavy (non-hydrogen) atoms. The van der Waals surface area contributed by atoms with E-state index in [1.165, 1.54) is 18.2 Å². The molecule has 6 heterocycles. The molecule has 0 atom stereocenters. The Labute approximate surface area is 426 Å². The third-order valence-corrected chi connectivity index (χ3v) is 14.0. The van der Waals surface area contributed by atoms with Gasteiger partial charge in [-0.3, -0.25) is 29.1 Å². The molecule has 6 fully saturated rings. The van der Waals surface area contributed by atoms with Crippen LogP contribution in [0.2, 0.25) is 0 Å². The van der Waals surface area contributed by atoms with E-state index in [4.69, 9.17) is 56.8 Å². The average Bonchev–Trinajstić information content (AvgIpc) is 3.31. The van der Waals surface area contributed by atoms with Crippen LogP contribution >= 0.6 is 0 Å². The molecular formula is C51H84N6O15. The summed E-state index contributed by atoms with van der Waals surface area (Å²) in [6, 6.07) is 3.83. The van der Waals surface area contributed by atoms with E-state index in [1.807, 2.05) is 83.1 Å². The molecule has 6 aliphatic heterocycles. The molecule has 21 heteroatoms. The normalized spacial score (nSPS) is 25.4. The molecule has 21 nitrogen and oxygen atoms in total. The van der Waals surface area contributed by atoms with Crippen molar-refractivity contribution >= 4 is 17.7 Å². The molecule has 1 aromatic rings. The molecule has 0 unspecified atom stereocenters. The lowest BCUT2D eigenvalue weighted by atomic mass is 10.0. The fraction of sp³-hybridized carbons (Fsp3) is 0.824. The standard InChI is InChI=1S/C51H84N6O15/c1-46(2)61-22-37(23-62-46)55(38-24-63-47(3,4)64-25-38)16-13-52-43(58)34-19-35(44(59)53-14-17-56(39-26-65-48(5,6)66-27-39)40-28-67-49(7,8)68-29-40)21-36(20-34)45(60)54-15-18-57(41-30-69-50(9,10)70-31-41)42-32-71-51(11,12)72-33-42/h19-21,37-42H,13-18,22-33H2,1-12H3,(H,52,58)(H,53,59)(H,54,60). The quantitative estimate of drug-likeness (QED) is 0.193. The topological polar surface area (TPSA) is 208 Å². The average molecular weight is 1020 g/mol. The second-order valence-corrected chi connectivity index (χ2v) is 22.3. The van der Waals surface area contributed by atoms with E-state index in [2.05, 4.69) is 30.7 Å². The van der Waals surface area contributed by atoms with Crippen LogP contribution < -0.4 is 16.0 Å². The predicted octanol–water partition coefficient (Wildman–Crippen LogP) is 2.69. The predicted molar refractivity (Wildman–Crippen MR) is 262 cm³/mol. The van der Waals surface area contributed by atoms with Gasteiger partial charge in [0.25, 0.3) is 17.7 Å². The van der Waals surface area contributed by atoms with Gasteiger partial charge >= 0.3 is 0 Å². The molecule has 0 aromatic heterocycles. The van der Waals surface area contributed by atoms with Crippen molar-refractivity contribution in [2.24, 2.45) is 0 Å². The number of nitrogens with one attached hydrogen (secondary N) is 3. The third kappa shape index (κ3) is 16.0. The molecule has 0 bridgehead atoms. The molecule has 6 saturated heterocycles. The summed E-state index contributed by atoms with van der Waals surface area (Å²) < 4.78 is 72.4. The highest BCUT2D eigenvalue weighted by Crippen LogP contribution is 2.29. The van der Waals surface area contributed by atoms with Gasteiger partial charge in [-0.2, -0.15) is 0 Å². The lowest BCUT2D eigenvalue weighted by molar-refractivity contribution is -0.288. The largest absolute Gasteiger partial charge is 0.351 e. The van der Waals surface area contributed by atoms with E-state index in [0.29, 0.717) is 98.9 Å². The number of carbonyl (C=O) groups is 3. The zero-order chi connectivity index (χ0) is 52.1. The molecule has 1 aromatic carbocycles. The van der Waals surface area contributed by atoms with Gasteiger partial charge in [0.1, 0.15) is 0 Å². The van der Waals surface area contributed by atoms with Gasteiger partial charge in [-0.25, -0.2) is 0 Å². The SMILES string of the molecule is CC1(C)OCC(N(CCNC(=O)c2cc(C(=O)NCCN(C3COC(C)(C)OC3)C3COC(C)(C)OC3)cc(C(=O)NCCN(C3COC(C)(C)OC3)C3COC(C)(C)OC3)c2)C2COC(C)(C)OC2)CO1. The fourth-order valence-corrected chi connectivity index (χ4v) is 9.46. The van der Waals surface area contributed by atoms with E-state index in [1.54, 1.807) is 0 Å². The van der Waals surface area contributed by atoms with Crippen molar-refractivity contribution in [3.8, 4) is 0 Å². The maximum atomic E-state index is 14.2. The first-order chi connectivity index (χ1) is 33.8. The van der Waals surface area contributed by atoms with Crippen LogP contribution in [0.4, 0.5) is 0 Å². The fourth-order valence-electron chi connectivity index (χ4n) is 9.46. The van der Waals surface area contributed by atoms with Crippen LogP contribution in [0.1, 0.15) is 114 Å². The molecule has 0 spiro atoms. The second kappa shape index (κ2) is 23.5. The summed E-state index contributed by atoms with van der Waals surface area (Å²) >= 11 is 0. The summed E-state index contributed by atoms with van der Waals surface area (Å²) in [7, 11) is 0. The summed E-state index contributed by atoms with van der Waals surface area (Å²) in [5, 5.41) is 9.12. The van der Waals surface area contributed by atoms with E-state index in [-0.39, 0.29) is 72.6 Å². The third-order valence-electron chi connectivity index (χ3n) is 14.0. The number of hydrogen-bond acceptors (Lipinski definition) is 18. The van der Waals surface area contributed by atoms with Crippen LogP contribution in [0.15, 0.2) is 18.2 Å². The number of nitrogens with zero attached hydrogens (tertiary/aromatic N) is 3. The van der Waals surface area contributed by atoms with Gasteiger partial charge in [0.2, 0.25) is 0 Å². The lowest BCUT2D eigenvalue weighted by Crippen LogP contribution is -2.59. The second-order valence-electron chi connectivity index (χ2n) is 22.3. The molecule has 408 valence electrons. The maximum absolute atomic E-state index is 14.2. The van der Waals surface area contributed by atoms with E-state index in [0.717, 1.165) is 0 Å². The maximum Gasteiger partial charge on any atom is 0.251 e. The lowest BCUT2D eigenvalue weighted by Gasteiger charge is -2.46. The Morgan fingerprint density at radius 3 is 0.653 bits per heavy atom. The Bertz CT molecular complexity index is 1630. The van der Waals surface area contributed by atoms with Crippen LogP contribution in [0.5, 0.6) is 0 Å². The highest BCUT2D eigenvalue weighted by Gasteiger charge is 2.42. The van der Waals surface area contributed by atoms with Gasteiger partial charge in [-0.15, -0.1) is 0 Å². The van der Waals surface area contributed by atoms with Gasteiger partial charge in [-0.05, 0) is 101 Å². The number of hydrogen-bond donors (Lipinski definition) is 3. The molecule has 0 aliphatic carbocycles. The summed E-state index contributed by atoms with van der Waals surface area (Å²) in [5.74, 6) is -5.61. The van der Waals surface area contributed by atoms with Crippen LogP contribution in [0, 0.1) is 0 Å². The summed E-state index contributed by atoms with van der Waals surface area (Å²) in [4.78, 5) is 49.1. The summed E-state index contributed by atoms with van der Waals surface area (Å²) in [6.45, 7) is 29.6. The number of ether oxygens (including phenoxy) is 12. The van der Waals surface area contributed by atoms with Crippen LogP contribution in [-0.2, 0) is 56.8 Å². The molecule has 0 radical (unpaired) electrons. The van der Waals surface area contributed by atoms with Crippen molar-refractivity contribution < 1.29 is 71.2 Å². The Morgan fingerprint density at radius 2 is 0.500 bits per heavy atom. The van der Waals surface area contributed by atoms with Gasteiger partial charge in [0.15, 0.2) is 34.7 Å². The zero-order valence-electron chi connectivity index (χ0n) is 44.9. The molecule has 7 rings (SSSR count). The number of carbonyl (C=O) groups excluding carboxylic acids is 3. The monoisotopic (exact) mass is 1020 g/mol. The van der Waals surface area contributed by atoms with Crippen molar-refractivity contribution in [1.29, 1.82) is 0 Å². The van der Waals surface area contributed by atoms with Crippen molar-refractivity contribution in [3.63, 3.8) is 0 Å². The first-order valence-electron chi connectivity index (χ1n) is 25.7. The number of amides is 3. The Kier molecular flexibility index (Phi) is 18.5. The Hall–Kier alpha value is -2.97. The minimum atomic E-state index is -0.709. The molecule has 3 amide bonds. The van der Waals surface area contributed by atoms with Gasteiger partial charge in [-0.1, -0.05) is 0 Å². The molecule has 6 aliphatic rings. The van der Waals surface area contributed by atoms with E-state index < -0.39 is 52.4 Å². The summed E-state index contributed by atoms with van der Waals surface area (Å²) in [6.07, 6.45) is 0. The van der Waals surface area contributed by atoms with Crippen molar-refractivity contribution in [2.45, 2.75) is 154 Å². The number of benzene rings is 1. The minimum Gasteiger partial charge on any atom is -0.351 e. The molecular weight excluding hydrogens is 937 g/mol.